The Morgan fingerprint density at radius 2 is 2.17 bits per heavy atom. The third-order valence-electron chi connectivity index (χ3n) is 2.36. The van der Waals surface area contributed by atoms with Crippen molar-refractivity contribution in [3.05, 3.63) is 40.3 Å². The quantitative estimate of drug-likeness (QED) is 0.870. The first-order valence-corrected chi connectivity index (χ1v) is 6.54. The van der Waals surface area contributed by atoms with E-state index in [2.05, 4.69) is 10.3 Å². The third-order valence-corrected chi connectivity index (χ3v) is 3.25. The van der Waals surface area contributed by atoms with Crippen LogP contribution in [0.15, 0.2) is 29.6 Å². The van der Waals surface area contributed by atoms with E-state index in [1.54, 1.807) is 18.4 Å². The van der Waals surface area contributed by atoms with Gasteiger partial charge in [-0.15, -0.1) is 11.3 Å². The van der Waals surface area contributed by atoms with E-state index >= 15 is 0 Å². The minimum atomic E-state index is 0.480. The second-order valence-electron chi connectivity index (χ2n) is 3.73. The largest absolute Gasteiger partial charge is 0.497 e. The Bertz CT molecular complexity index is 499. The topological polar surface area (TPSA) is 43.4 Å². The number of rotatable bonds is 6. The molecule has 1 aromatic carbocycles. The Labute approximate surface area is 111 Å². The molecular weight excluding hydrogens is 248 g/mol. The van der Waals surface area contributed by atoms with Crippen molar-refractivity contribution in [3.63, 3.8) is 0 Å². The van der Waals surface area contributed by atoms with E-state index < -0.39 is 0 Å². The highest BCUT2D eigenvalue weighted by molar-refractivity contribution is 7.09. The normalized spacial score (nSPS) is 10.3. The van der Waals surface area contributed by atoms with Gasteiger partial charge in [-0.25, -0.2) is 4.98 Å². The van der Waals surface area contributed by atoms with Gasteiger partial charge < -0.3 is 14.8 Å². The number of hydrogen-bond donors (Lipinski definition) is 1. The Kier molecular flexibility index (Phi) is 4.55. The molecule has 0 bridgehead atoms. The van der Waals surface area contributed by atoms with Gasteiger partial charge in [-0.1, -0.05) is 6.07 Å². The smallest absolute Gasteiger partial charge is 0.131 e. The van der Waals surface area contributed by atoms with Crippen molar-refractivity contribution < 1.29 is 9.47 Å². The number of nitrogens with one attached hydrogen (secondary N) is 1. The Morgan fingerprint density at radius 3 is 2.94 bits per heavy atom. The average molecular weight is 264 g/mol. The van der Waals surface area contributed by atoms with E-state index in [1.165, 1.54) is 0 Å². The summed E-state index contributed by atoms with van der Waals surface area (Å²) in [4.78, 5) is 4.46. The maximum atomic E-state index is 5.67. The summed E-state index contributed by atoms with van der Waals surface area (Å²) >= 11 is 1.64. The van der Waals surface area contributed by atoms with Crippen molar-refractivity contribution in [2.45, 2.75) is 13.2 Å². The number of nitrogens with zero attached hydrogens (tertiary/aromatic N) is 1. The lowest BCUT2D eigenvalue weighted by atomic mass is 10.3. The van der Waals surface area contributed by atoms with E-state index in [9.17, 15) is 0 Å². The van der Waals surface area contributed by atoms with Crippen LogP contribution in [0.2, 0.25) is 0 Å². The van der Waals surface area contributed by atoms with Crippen LogP contribution in [0.4, 0.5) is 0 Å². The van der Waals surface area contributed by atoms with Gasteiger partial charge in [0.1, 0.15) is 23.1 Å². The molecule has 0 fully saturated rings. The highest BCUT2D eigenvalue weighted by atomic mass is 32.1. The lowest BCUT2D eigenvalue weighted by Gasteiger charge is -2.05. The van der Waals surface area contributed by atoms with Gasteiger partial charge in [0, 0.05) is 18.0 Å². The van der Waals surface area contributed by atoms with Crippen molar-refractivity contribution in [1.82, 2.24) is 10.3 Å². The predicted molar refractivity (Wildman–Crippen MR) is 72.2 cm³/mol. The molecule has 1 N–H and O–H groups in total. The predicted octanol–water partition coefficient (Wildman–Crippen LogP) is 2.45. The van der Waals surface area contributed by atoms with Gasteiger partial charge in [0.15, 0.2) is 0 Å². The maximum Gasteiger partial charge on any atom is 0.131 e. The first kappa shape index (κ1) is 12.9. The summed E-state index contributed by atoms with van der Waals surface area (Å²) in [5, 5.41) is 6.17. The fourth-order valence-electron chi connectivity index (χ4n) is 1.50. The first-order chi connectivity index (χ1) is 8.81. The SMILES string of the molecule is CNCc1nc(COc2cccc(OC)c2)cs1. The standard InChI is InChI=1S/C13H16N2O2S/c1-14-7-13-15-10(9-18-13)8-17-12-5-3-4-11(6-12)16-2/h3-6,9,14H,7-8H2,1-2H3. The molecule has 2 aromatic rings. The number of thiazole rings is 1. The van der Waals surface area contributed by atoms with Crippen LogP contribution < -0.4 is 14.8 Å². The molecule has 18 heavy (non-hydrogen) atoms. The molecular formula is C13H16N2O2S. The molecule has 0 aliphatic heterocycles. The van der Waals surface area contributed by atoms with Crippen molar-refractivity contribution in [2.75, 3.05) is 14.2 Å². The summed E-state index contributed by atoms with van der Waals surface area (Å²) in [6, 6.07) is 7.56. The van der Waals surface area contributed by atoms with Crippen LogP contribution in [0.5, 0.6) is 11.5 Å². The van der Waals surface area contributed by atoms with Gasteiger partial charge >= 0.3 is 0 Å². The Morgan fingerprint density at radius 1 is 1.33 bits per heavy atom. The summed E-state index contributed by atoms with van der Waals surface area (Å²) in [5.41, 5.74) is 0.952. The fourth-order valence-corrected chi connectivity index (χ4v) is 2.29. The molecule has 96 valence electrons. The first-order valence-electron chi connectivity index (χ1n) is 5.66. The third kappa shape index (κ3) is 3.45. The highest BCUT2D eigenvalue weighted by Gasteiger charge is 2.03. The monoisotopic (exact) mass is 264 g/mol. The average Bonchev–Trinajstić information content (AvgIpc) is 2.85. The second kappa shape index (κ2) is 6.37. The van der Waals surface area contributed by atoms with Crippen LogP contribution in [-0.4, -0.2) is 19.1 Å². The molecule has 0 radical (unpaired) electrons. The lowest BCUT2D eigenvalue weighted by Crippen LogP contribution is -2.05. The van der Waals surface area contributed by atoms with Crippen molar-refractivity contribution in [1.29, 1.82) is 0 Å². The molecule has 0 saturated carbocycles. The highest BCUT2D eigenvalue weighted by Crippen LogP contribution is 2.20. The zero-order valence-corrected chi connectivity index (χ0v) is 11.3. The summed E-state index contributed by atoms with van der Waals surface area (Å²) in [7, 11) is 3.55. The van der Waals surface area contributed by atoms with E-state index in [-0.39, 0.29) is 0 Å². The molecule has 1 aromatic heterocycles. The molecule has 2 rings (SSSR count). The number of methoxy groups -OCH3 is 1. The van der Waals surface area contributed by atoms with Gasteiger partial charge in [0.2, 0.25) is 0 Å². The maximum absolute atomic E-state index is 5.67. The molecule has 0 aliphatic rings. The minimum Gasteiger partial charge on any atom is -0.497 e. The number of aromatic nitrogens is 1. The molecule has 0 aliphatic carbocycles. The van der Waals surface area contributed by atoms with Gasteiger partial charge in [-0.05, 0) is 19.2 Å². The summed E-state index contributed by atoms with van der Waals surface area (Å²) in [6.45, 7) is 1.28. The second-order valence-corrected chi connectivity index (χ2v) is 4.67. The molecule has 0 atom stereocenters. The Balaban J connectivity index is 1.93. The summed E-state index contributed by atoms with van der Waals surface area (Å²) < 4.78 is 10.8. The zero-order valence-electron chi connectivity index (χ0n) is 10.5. The van der Waals surface area contributed by atoms with Crippen LogP contribution in [-0.2, 0) is 13.2 Å². The van der Waals surface area contributed by atoms with E-state index in [0.717, 1.165) is 28.7 Å². The molecule has 0 spiro atoms. The van der Waals surface area contributed by atoms with E-state index in [4.69, 9.17) is 9.47 Å². The Hall–Kier alpha value is -1.59. The number of benzene rings is 1. The van der Waals surface area contributed by atoms with Gasteiger partial charge in [0.25, 0.3) is 0 Å². The molecule has 1 heterocycles. The van der Waals surface area contributed by atoms with Crippen LogP contribution >= 0.6 is 11.3 Å². The fraction of sp³-hybridized carbons (Fsp3) is 0.308. The van der Waals surface area contributed by atoms with Gasteiger partial charge in [-0.2, -0.15) is 0 Å². The zero-order chi connectivity index (χ0) is 12.8. The molecule has 0 amide bonds. The summed E-state index contributed by atoms with van der Waals surface area (Å²) in [5.74, 6) is 1.58. The van der Waals surface area contributed by atoms with E-state index in [0.29, 0.717) is 6.61 Å². The van der Waals surface area contributed by atoms with Gasteiger partial charge in [-0.3, -0.25) is 0 Å². The number of ether oxygens (including phenoxy) is 2. The van der Waals surface area contributed by atoms with Crippen molar-refractivity contribution in [3.8, 4) is 11.5 Å². The molecule has 0 saturated heterocycles. The molecule has 4 nitrogen and oxygen atoms in total. The van der Waals surface area contributed by atoms with Crippen molar-refractivity contribution >= 4 is 11.3 Å². The molecule has 0 unspecified atom stereocenters. The molecule has 5 heteroatoms. The van der Waals surface area contributed by atoms with Crippen molar-refractivity contribution in [2.24, 2.45) is 0 Å². The minimum absolute atomic E-state index is 0.480. The number of hydrogen-bond acceptors (Lipinski definition) is 5. The summed E-state index contributed by atoms with van der Waals surface area (Å²) in [6.07, 6.45) is 0. The van der Waals surface area contributed by atoms with Gasteiger partial charge in [0.05, 0.1) is 12.8 Å². The van der Waals surface area contributed by atoms with Crippen LogP contribution in [0, 0.1) is 0 Å². The lowest BCUT2D eigenvalue weighted by molar-refractivity contribution is 0.299. The van der Waals surface area contributed by atoms with E-state index in [1.807, 2.05) is 36.7 Å². The van der Waals surface area contributed by atoms with Crippen LogP contribution in [0.3, 0.4) is 0 Å². The van der Waals surface area contributed by atoms with Crippen LogP contribution in [0.1, 0.15) is 10.7 Å². The van der Waals surface area contributed by atoms with Crippen LogP contribution in [0.25, 0.3) is 0 Å².